The van der Waals surface area contributed by atoms with Crippen LogP contribution in [0.5, 0.6) is 0 Å². The summed E-state index contributed by atoms with van der Waals surface area (Å²) in [4.78, 5) is 16.4. The highest BCUT2D eigenvalue weighted by molar-refractivity contribution is 5.99. The zero-order valence-corrected chi connectivity index (χ0v) is 13.0. The van der Waals surface area contributed by atoms with E-state index in [1.165, 1.54) is 0 Å². The van der Waals surface area contributed by atoms with Crippen molar-refractivity contribution >= 4 is 11.6 Å². The molecule has 0 aliphatic rings. The van der Waals surface area contributed by atoms with Crippen molar-refractivity contribution in [3.8, 4) is 0 Å². The lowest BCUT2D eigenvalue weighted by Gasteiger charge is -2.25. The van der Waals surface area contributed by atoms with E-state index in [1.54, 1.807) is 6.20 Å². The summed E-state index contributed by atoms with van der Waals surface area (Å²) >= 11 is 0. The first-order valence-corrected chi connectivity index (χ1v) is 7.02. The minimum atomic E-state index is -0.374. The Labute approximate surface area is 121 Å². The molecule has 0 saturated carbocycles. The monoisotopic (exact) mass is 279 g/mol. The van der Waals surface area contributed by atoms with Gasteiger partial charge in [0.1, 0.15) is 0 Å². The first-order chi connectivity index (χ1) is 9.39. The number of carbonyl (C=O) groups excluding carboxylic acids is 1. The number of carbonyl (C=O) groups is 1. The molecule has 0 spiro atoms. The fourth-order valence-electron chi connectivity index (χ4n) is 1.91. The predicted molar refractivity (Wildman–Crippen MR) is 81.2 cm³/mol. The predicted octanol–water partition coefficient (Wildman–Crippen LogP) is 2.37. The van der Waals surface area contributed by atoms with E-state index in [2.05, 4.69) is 15.6 Å². The quantitative estimate of drug-likeness (QED) is 0.804. The van der Waals surface area contributed by atoms with E-state index in [0.29, 0.717) is 18.7 Å². The van der Waals surface area contributed by atoms with Crippen LogP contribution in [0.4, 0.5) is 5.69 Å². The molecule has 1 aromatic heterocycles. The van der Waals surface area contributed by atoms with Gasteiger partial charge < -0.3 is 15.4 Å². The molecular weight excluding hydrogens is 254 g/mol. The Morgan fingerprint density at radius 1 is 1.40 bits per heavy atom. The number of anilines is 1. The van der Waals surface area contributed by atoms with E-state index < -0.39 is 0 Å². The molecule has 0 saturated heterocycles. The normalized spacial score (nSPS) is 11.2. The van der Waals surface area contributed by atoms with Gasteiger partial charge in [-0.3, -0.25) is 9.78 Å². The van der Waals surface area contributed by atoms with E-state index in [-0.39, 0.29) is 11.5 Å². The molecule has 0 aliphatic carbocycles. The summed E-state index contributed by atoms with van der Waals surface area (Å²) in [6.45, 7) is 11.6. The maximum Gasteiger partial charge on any atom is 0.255 e. The molecule has 0 bridgehead atoms. The highest BCUT2D eigenvalue weighted by atomic mass is 16.5. The van der Waals surface area contributed by atoms with Crippen LogP contribution >= 0.6 is 0 Å². The van der Waals surface area contributed by atoms with Crippen LogP contribution in [0.15, 0.2) is 12.3 Å². The number of ether oxygens (including phenoxy) is 1. The largest absolute Gasteiger partial charge is 0.385 e. The molecule has 0 aromatic carbocycles. The summed E-state index contributed by atoms with van der Waals surface area (Å²) in [5.41, 5.74) is 1.88. The topological polar surface area (TPSA) is 63.2 Å². The maximum atomic E-state index is 12.3. The van der Waals surface area contributed by atoms with Gasteiger partial charge in [-0.2, -0.15) is 0 Å². The Hall–Kier alpha value is -1.62. The van der Waals surface area contributed by atoms with Crippen LogP contribution in [0.3, 0.4) is 0 Å². The van der Waals surface area contributed by atoms with E-state index in [1.807, 2.05) is 40.7 Å². The SMILES string of the molecule is CCNc1cc(C)ncc1C(=O)NCC(C)(C)OCC. The summed E-state index contributed by atoms with van der Waals surface area (Å²) < 4.78 is 5.57. The van der Waals surface area contributed by atoms with E-state index in [0.717, 1.165) is 17.9 Å². The van der Waals surface area contributed by atoms with Crippen molar-refractivity contribution in [2.75, 3.05) is 25.0 Å². The van der Waals surface area contributed by atoms with Gasteiger partial charge in [-0.15, -0.1) is 0 Å². The van der Waals surface area contributed by atoms with Crippen molar-refractivity contribution in [2.24, 2.45) is 0 Å². The average Bonchev–Trinajstić information content (AvgIpc) is 2.37. The first kappa shape index (κ1) is 16.4. The Bertz CT molecular complexity index is 458. The molecule has 0 radical (unpaired) electrons. The fourth-order valence-corrected chi connectivity index (χ4v) is 1.91. The molecule has 5 heteroatoms. The number of hydrogen-bond acceptors (Lipinski definition) is 4. The number of nitrogens with one attached hydrogen (secondary N) is 2. The van der Waals surface area contributed by atoms with Crippen molar-refractivity contribution in [2.45, 2.75) is 40.2 Å². The number of rotatable bonds is 7. The Morgan fingerprint density at radius 2 is 2.10 bits per heavy atom. The minimum Gasteiger partial charge on any atom is -0.385 e. The fraction of sp³-hybridized carbons (Fsp3) is 0.600. The summed E-state index contributed by atoms with van der Waals surface area (Å²) in [6.07, 6.45) is 1.61. The summed E-state index contributed by atoms with van der Waals surface area (Å²) in [7, 11) is 0. The number of amides is 1. The molecule has 0 unspecified atom stereocenters. The second-order valence-corrected chi connectivity index (χ2v) is 5.28. The Kier molecular flexibility index (Phi) is 5.95. The van der Waals surface area contributed by atoms with E-state index in [9.17, 15) is 4.79 Å². The summed E-state index contributed by atoms with van der Waals surface area (Å²) in [5, 5.41) is 6.09. The van der Waals surface area contributed by atoms with Gasteiger partial charge >= 0.3 is 0 Å². The van der Waals surface area contributed by atoms with Gasteiger partial charge in [0.25, 0.3) is 5.91 Å². The molecule has 0 atom stereocenters. The number of pyridine rings is 1. The van der Waals surface area contributed by atoms with E-state index in [4.69, 9.17) is 4.74 Å². The number of nitrogens with zero attached hydrogens (tertiary/aromatic N) is 1. The average molecular weight is 279 g/mol. The van der Waals surface area contributed by atoms with Crippen LogP contribution in [0.1, 0.15) is 43.7 Å². The molecule has 0 aliphatic heterocycles. The van der Waals surface area contributed by atoms with Crippen LogP contribution in [0.2, 0.25) is 0 Å². The van der Waals surface area contributed by atoms with Crippen LogP contribution in [0.25, 0.3) is 0 Å². The van der Waals surface area contributed by atoms with Gasteiger partial charge in [-0.05, 0) is 40.7 Å². The zero-order valence-electron chi connectivity index (χ0n) is 13.0. The third-order valence-electron chi connectivity index (χ3n) is 2.86. The molecule has 20 heavy (non-hydrogen) atoms. The lowest BCUT2D eigenvalue weighted by molar-refractivity contribution is -0.00815. The molecule has 1 amide bonds. The molecule has 112 valence electrons. The molecular formula is C15H25N3O2. The second-order valence-electron chi connectivity index (χ2n) is 5.28. The van der Waals surface area contributed by atoms with Gasteiger partial charge in [0.2, 0.25) is 0 Å². The molecule has 1 heterocycles. The zero-order chi connectivity index (χ0) is 15.2. The van der Waals surface area contributed by atoms with Crippen LogP contribution in [-0.4, -0.2) is 36.2 Å². The lowest BCUT2D eigenvalue weighted by Crippen LogP contribution is -2.40. The van der Waals surface area contributed by atoms with Crippen molar-refractivity contribution < 1.29 is 9.53 Å². The lowest BCUT2D eigenvalue weighted by atomic mass is 10.1. The van der Waals surface area contributed by atoms with Gasteiger partial charge in [0.05, 0.1) is 16.9 Å². The van der Waals surface area contributed by atoms with Gasteiger partial charge in [-0.1, -0.05) is 0 Å². The second kappa shape index (κ2) is 7.24. The maximum absolute atomic E-state index is 12.3. The molecule has 0 fully saturated rings. The van der Waals surface area contributed by atoms with Crippen molar-refractivity contribution in [3.05, 3.63) is 23.5 Å². The van der Waals surface area contributed by atoms with Crippen LogP contribution < -0.4 is 10.6 Å². The van der Waals surface area contributed by atoms with Crippen molar-refractivity contribution in [1.82, 2.24) is 10.3 Å². The number of aryl methyl sites for hydroxylation is 1. The third kappa shape index (κ3) is 4.81. The van der Waals surface area contributed by atoms with Gasteiger partial charge in [0.15, 0.2) is 0 Å². The minimum absolute atomic E-state index is 0.138. The van der Waals surface area contributed by atoms with Gasteiger partial charge in [-0.25, -0.2) is 0 Å². The van der Waals surface area contributed by atoms with Crippen LogP contribution in [0, 0.1) is 6.92 Å². The third-order valence-corrected chi connectivity index (χ3v) is 2.86. The van der Waals surface area contributed by atoms with Gasteiger partial charge in [0, 0.05) is 31.6 Å². The highest BCUT2D eigenvalue weighted by Crippen LogP contribution is 2.16. The molecule has 2 N–H and O–H groups in total. The van der Waals surface area contributed by atoms with E-state index >= 15 is 0 Å². The summed E-state index contributed by atoms with van der Waals surface area (Å²) in [5.74, 6) is -0.138. The highest BCUT2D eigenvalue weighted by Gasteiger charge is 2.20. The van der Waals surface area contributed by atoms with Crippen molar-refractivity contribution in [1.29, 1.82) is 0 Å². The molecule has 5 nitrogen and oxygen atoms in total. The summed E-state index contributed by atoms with van der Waals surface area (Å²) in [6, 6.07) is 1.88. The standard InChI is InChI=1S/C15H25N3O2/c1-6-16-13-8-11(3)17-9-12(13)14(19)18-10-15(4,5)20-7-2/h8-9H,6-7,10H2,1-5H3,(H,16,17)(H,18,19). The molecule has 1 aromatic rings. The van der Waals surface area contributed by atoms with Crippen LogP contribution in [-0.2, 0) is 4.74 Å². The molecule has 1 rings (SSSR count). The number of hydrogen-bond donors (Lipinski definition) is 2. The Balaban J connectivity index is 2.77. The number of aromatic nitrogens is 1. The smallest absolute Gasteiger partial charge is 0.255 e. The first-order valence-electron chi connectivity index (χ1n) is 7.02. The Morgan fingerprint density at radius 3 is 2.70 bits per heavy atom. The van der Waals surface area contributed by atoms with Crippen molar-refractivity contribution in [3.63, 3.8) is 0 Å².